The molecule has 0 aromatic carbocycles. The van der Waals surface area contributed by atoms with Crippen LogP contribution >= 0.6 is 0 Å². The molecule has 7 nitrogen and oxygen atoms in total. The van der Waals surface area contributed by atoms with Crippen LogP contribution in [0.4, 0.5) is 8.78 Å². The summed E-state index contributed by atoms with van der Waals surface area (Å²) in [7, 11) is -3.76. The summed E-state index contributed by atoms with van der Waals surface area (Å²) >= 11 is 0. The fraction of sp³-hybridized carbons (Fsp3) is 0.455. The summed E-state index contributed by atoms with van der Waals surface area (Å²) in [6.45, 7) is -1.96. The highest BCUT2D eigenvalue weighted by atomic mass is 32.2. The van der Waals surface area contributed by atoms with Crippen molar-refractivity contribution in [2.45, 2.75) is 17.2 Å². The van der Waals surface area contributed by atoms with Crippen LogP contribution in [-0.2, 0) is 14.8 Å². The number of nitrogens with one attached hydrogen (secondary N) is 2. The molecule has 0 atom stereocenters. The number of carbonyl (C=O) groups is 1. The number of carbonyl (C=O) groups excluding carboxylic acids is 1. The molecule has 1 aromatic heterocycles. The number of hydrogen-bond acceptors (Lipinski definition) is 5. The Kier molecular flexibility index (Phi) is 6.12. The van der Waals surface area contributed by atoms with Crippen LogP contribution in [0, 0.1) is 0 Å². The first-order valence-electron chi connectivity index (χ1n) is 6.01. The van der Waals surface area contributed by atoms with E-state index in [1.807, 2.05) is 5.32 Å². The van der Waals surface area contributed by atoms with Crippen LogP contribution in [0.1, 0.15) is 6.42 Å². The number of nitrogens with two attached hydrogens (primary N) is 1. The predicted octanol–water partition coefficient (Wildman–Crippen LogP) is -0.540. The molecule has 10 heteroatoms. The van der Waals surface area contributed by atoms with Crippen molar-refractivity contribution in [1.82, 2.24) is 15.0 Å². The van der Waals surface area contributed by atoms with Gasteiger partial charge in [0.05, 0.1) is 13.1 Å². The molecule has 0 aliphatic rings. The zero-order valence-corrected chi connectivity index (χ0v) is 11.9. The summed E-state index contributed by atoms with van der Waals surface area (Å²) in [4.78, 5) is 14.9. The standard InChI is InChI=1S/C11H16F2N4O3S/c12-11(13,7-14)8-16-10(18)3-5-17-21(19,20)9-2-1-4-15-6-9/h1-2,4,6,17H,3,5,7-8,14H2,(H,16,18). The number of amides is 1. The smallest absolute Gasteiger partial charge is 0.277 e. The number of pyridine rings is 1. The molecule has 0 saturated heterocycles. The second-order valence-corrected chi connectivity index (χ2v) is 5.94. The molecule has 0 unspecified atom stereocenters. The van der Waals surface area contributed by atoms with Gasteiger partial charge in [-0.05, 0) is 12.1 Å². The van der Waals surface area contributed by atoms with Crippen molar-refractivity contribution in [3.05, 3.63) is 24.5 Å². The van der Waals surface area contributed by atoms with Gasteiger partial charge in [-0.1, -0.05) is 0 Å². The van der Waals surface area contributed by atoms with Gasteiger partial charge in [0.25, 0.3) is 5.92 Å². The number of hydrogen-bond donors (Lipinski definition) is 3. The van der Waals surface area contributed by atoms with Crippen molar-refractivity contribution in [2.24, 2.45) is 5.73 Å². The van der Waals surface area contributed by atoms with Gasteiger partial charge >= 0.3 is 0 Å². The van der Waals surface area contributed by atoms with E-state index < -0.39 is 34.9 Å². The average Bonchev–Trinajstić information content (AvgIpc) is 2.46. The first-order chi connectivity index (χ1) is 9.77. The van der Waals surface area contributed by atoms with Crippen LogP contribution in [0.15, 0.2) is 29.4 Å². The van der Waals surface area contributed by atoms with Gasteiger partial charge in [-0.3, -0.25) is 9.78 Å². The number of alkyl halides is 2. The summed E-state index contributed by atoms with van der Waals surface area (Å²) in [5, 5.41) is 1.98. The van der Waals surface area contributed by atoms with Crippen LogP contribution in [0.3, 0.4) is 0 Å². The Morgan fingerprint density at radius 3 is 2.71 bits per heavy atom. The van der Waals surface area contributed by atoms with Gasteiger partial charge in [0, 0.05) is 25.4 Å². The van der Waals surface area contributed by atoms with E-state index in [4.69, 9.17) is 5.73 Å². The van der Waals surface area contributed by atoms with Gasteiger partial charge in [0.15, 0.2) is 0 Å². The lowest BCUT2D eigenvalue weighted by molar-refractivity contribution is -0.122. The van der Waals surface area contributed by atoms with E-state index >= 15 is 0 Å². The first kappa shape index (κ1) is 17.4. The molecule has 0 aliphatic carbocycles. The molecule has 1 amide bonds. The Hall–Kier alpha value is -1.65. The highest BCUT2D eigenvalue weighted by molar-refractivity contribution is 7.89. The Balaban J connectivity index is 2.38. The van der Waals surface area contributed by atoms with Crippen LogP contribution in [-0.4, -0.2) is 44.9 Å². The highest BCUT2D eigenvalue weighted by Gasteiger charge is 2.27. The number of sulfonamides is 1. The third-order valence-corrected chi connectivity index (χ3v) is 3.88. The van der Waals surface area contributed by atoms with E-state index in [-0.39, 0.29) is 17.9 Å². The summed E-state index contributed by atoms with van der Waals surface area (Å²) in [6, 6.07) is 2.80. The fourth-order valence-electron chi connectivity index (χ4n) is 1.28. The zero-order valence-electron chi connectivity index (χ0n) is 11.1. The van der Waals surface area contributed by atoms with E-state index in [1.165, 1.54) is 18.3 Å². The predicted molar refractivity (Wildman–Crippen MR) is 71.1 cm³/mol. The zero-order chi connectivity index (χ0) is 15.9. The maximum atomic E-state index is 12.8. The Labute approximate surface area is 121 Å². The summed E-state index contributed by atoms with van der Waals surface area (Å²) in [5.41, 5.74) is 4.82. The lowest BCUT2D eigenvalue weighted by atomic mass is 10.3. The van der Waals surface area contributed by atoms with Crippen LogP contribution in [0.2, 0.25) is 0 Å². The van der Waals surface area contributed by atoms with E-state index in [2.05, 4.69) is 9.71 Å². The van der Waals surface area contributed by atoms with E-state index in [0.29, 0.717) is 0 Å². The molecule has 118 valence electrons. The molecule has 1 aromatic rings. The molecular formula is C11H16F2N4O3S. The minimum absolute atomic E-state index is 0.0416. The molecule has 4 N–H and O–H groups in total. The van der Waals surface area contributed by atoms with E-state index in [1.54, 1.807) is 0 Å². The molecule has 0 bridgehead atoms. The average molecular weight is 322 g/mol. The van der Waals surface area contributed by atoms with E-state index in [0.717, 1.165) is 6.20 Å². The van der Waals surface area contributed by atoms with Crippen molar-refractivity contribution in [2.75, 3.05) is 19.6 Å². The summed E-state index contributed by atoms with van der Waals surface area (Å²) in [6.07, 6.45) is 2.31. The first-order valence-corrected chi connectivity index (χ1v) is 7.49. The van der Waals surface area contributed by atoms with Crippen molar-refractivity contribution in [3.8, 4) is 0 Å². The summed E-state index contributed by atoms with van der Waals surface area (Å²) in [5.74, 6) is -3.87. The topological polar surface area (TPSA) is 114 Å². The second-order valence-electron chi connectivity index (χ2n) is 4.17. The van der Waals surface area contributed by atoms with Gasteiger partial charge in [0.2, 0.25) is 15.9 Å². The molecule has 1 rings (SSSR count). The van der Waals surface area contributed by atoms with E-state index in [9.17, 15) is 22.0 Å². The van der Waals surface area contributed by atoms with Crippen LogP contribution < -0.4 is 15.8 Å². The SMILES string of the molecule is NCC(F)(F)CNC(=O)CCNS(=O)(=O)c1cccnc1. The molecule has 0 aliphatic heterocycles. The molecular weight excluding hydrogens is 306 g/mol. The molecule has 0 spiro atoms. The molecule has 0 fully saturated rings. The second kappa shape index (κ2) is 7.38. The van der Waals surface area contributed by atoms with Gasteiger partial charge in [-0.2, -0.15) is 0 Å². The van der Waals surface area contributed by atoms with Crippen LogP contribution in [0.25, 0.3) is 0 Å². The largest absolute Gasteiger partial charge is 0.350 e. The fourth-order valence-corrected chi connectivity index (χ4v) is 2.27. The normalized spacial score (nSPS) is 12.1. The third-order valence-electron chi connectivity index (χ3n) is 2.43. The molecule has 0 saturated carbocycles. The lowest BCUT2D eigenvalue weighted by Crippen LogP contribution is -2.42. The van der Waals surface area contributed by atoms with Crippen LogP contribution in [0.5, 0.6) is 0 Å². The van der Waals surface area contributed by atoms with Gasteiger partial charge in [-0.15, -0.1) is 0 Å². The molecule has 0 radical (unpaired) electrons. The third kappa shape index (κ3) is 6.10. The van der Waals surface area contributed by atoms with Gasteiger partial charge in [0.1, 0.15) is 4.90 Å². The molecule has 21 heavy (non-hydrogen) atoms. The number of nitrogens with zero attached hydrogens (tertiary/aromatic N) is 1. The van der Waals surface area contributed by atoms with Crippen molar-refractivity contribution < 1.29 is 22.0 Å². The van der Waals surface area contributed by atoms with Gasteiger partial charge in [-0.25, -0.2) is 21.9 Å². The minimum Gasteiger partial charge on any atom is -0.350 e. The number of rotatable bonds is 8. The summed E-state index contributed by atoms with van der Waals surface area (Å²) < 4.78 is 51.3. The maximum Gasteiger partial charge on any atom is 0.277 e. The lowest BCUT2D eigenvalue weighted by Gasteiger charge is -2.14. The van der Waals surface area contributed by atoms with Crippen molar-refractivity contribution in [3.63, 3.8) is 0 Å². The monoisotopic (exact) mass is 322 g/mol. The Morgan fingerprint density at radius 2 is 2.14 bits per heavy atom. The minimum atomic E-state index is -3.76. The number of aromatic nitrogens is 1. The van der Waals surface area contributed by atoms with Crippen molar-refractivity contribution in [1.29, 1.82) is 0 Å². The highest BCUT2D eigenvalue weighted by Crippen LogP contribution is 2.08. The van der Waals surface area contributed by atoms with Gasteiger partial charge < -0.3 is 11.1 Å². The number of halogens is 2. The maximum absolute atomic E-state index is 12.8. The van der Waals surface area contributed by atoms with Crippen molar-refractivity contribution >= 4 is 15.9 Å². The Bertz CT molecular complexity index is 566. The Morgan fingerprint density at radius 1 is 1.43 bits per heavy atom. The molecule has 1 heterocycles. The quantitative estimate of drug-likeness (QED) is 0.595.